The van der Waals surface area contributed by atoms with E-state index in [1.165, 1.54) is 12.1 Å². The molecular weight excluding hydrogens is 536 g/mol. The van der Waals surface area contributed by atoms with Crippen LogP contribution in [0.4, 0.5) is 11.6 Å². The van der Waals surface area contributed by atoms with Crippen LogP contribution in [0.15, 0.2) is 90.0 Å². The van der Waals surface area contributed by atoms with Crippen LogP contribution in [0, 0.1) is 5.41 Å². The maximum atomic E-state index is 13.3. The molecule has 1 fully saturated rings. The number of carboxylic acid groups (broad SMARTS) is 1. The highest BCUT2D eigenvalue weighted by Crippen LogP contribution is 2.36. The van der Waals surface area contributed by atoms with E-state index in [1.54, 1.807) is 25.1 Å². The maximum absolute atomic E-state index is 13.3. The number of halogens is 1. The first-order valence-electron chi connectivity index (χ1n) is 12.5. The van der Waals surface area contributed by atoms with E-state index in [9.17, 15) is 18.3 Å². The van der Waals surface area contributed by atoms with Crippen LogP contribution in [-0.4, -0.2) is 42.6 Å². The summed E-state index contributed by atoms with van der Waals surface area (Å²) in [6.45, 7) is 2.54. The van der Waals surface area contributed by atoms with Crippen LogP contribution in [0.1, 0.15) is 19.8 Å². The molecular formula is C29H27ClN4O4S. The van der Waals surface area contributed by atoms with Gasteiger partial charge in [-0.25, -0.2) is 9.97 Å². The van der Waals surface area contributed by atoms with Crippen LogP contribution in [0.5, 0.6) is 0 Å². The molecule has 2 aromatic carbocycles. The van der Waals surface area contributed by atoms with Crippen LogP contribution in [0.25, 0.3) is 22.4 Å². The predicted molar refractivity (Wildman–Crippen MR) is 152 cm³/mol. The number of hydrogen-bond donors (Lipinski definition) is 2. The zero-order valence-corrected chi connectivity index (χ0v) is 22.8. The van der Waals surface area contributed by atoms with Gasteiger partial charge in [0, 0.05) is 18.7 Å². The summed E-state index contributed by atoms with van der Waals surface area (Å²) in [6.07, 6.45) is 1.22. The Morgan fingerprint density at radius 3 is 2.41 bits per heavy atom. The number of nitrogens with one attached hydrogen (secondary N) is 1. The van der Waals surface area contributed by atoms with Gasteiger partial charge in [-0.1, -0.05) is 72.3 Å². The van der Waals surface area contributed by atoms with Crippen LogP contribution in [0.2, 0.25) is 5.02 Å². The van der Waals surface area contributed by atoms with Crippen LogP contribution < -0.4 is 9.62 Å². The van der Waals surface area contributed by atoms with E-state index in [0.717, 1.165) is 16.7 Å². The Kier molecular flexibility index (Phi) is 7.29. The number of rotatable bonds is 7. The first-order valence-corrected chi connectivity index (χ1v) is 14.3. The molecule has 1 aliphatic rings. The number of benzene rings is 2. The summed E-state index contributed by atoms with van der Waals surface area (Å²) in [7, 11) is -4.10. The number of pyridine rings is 2. The molecule has 0 bridgehead atoms. The molecule has 200 valence electrons. The van der Waals surface area contributed by atoms with Gasteiger partial charge in [0.05, 0.1) is 16.1 Å². The molecule has 1 aliphatic heterocycles. The van der Waals surface area contributed by atoms with Gasteiger partial charge in [0.1, 0.15) is 11.6 Å². The number of hydrogen-bond acceptors (Lipinski definition) is 6. The van der Waals surface area contributed by atoms with Crippen molar-refractivity contribution in [1.29, 1.82) is 0 Å². The minimum Gasteiger partial charge on any atom is -0.481 e. The Morgan fingerprint density at radius 2 is 1.67 bits per heavy atom. The summed E-state index contributed by atoms with van der Waals surface area (Å²) >= 11 is 6.53. The predicted octanol–water partition coefficient (Wildman–Crippen LogP) is 5.96. The van der Waals surface area contributed by atoms with Crippen molar-refractivity contribution in [2.75, 3.05) is 22.7 Å². The lowest BCUT2D eigenvalue weighted by molar-refractivity contribution is -0.148. The van der Waals surface area contributed by atoms with Crippen molar-refractivity contribution in [3.8, 4) is 22.4 Å². The Hall–Kier alpha value is -3.95. The number of aliphatic carboxylic acids is 1. The van der Waals surface area contributed by atoms with Crippen molar-refractivity contribution >= 4 is 39.2 Å². The van der Waals surface area contributed by atoms with Gasteiger partial charge in [0.2, 0.25) is 0 Å². The van der Waals surface area contributed by atoms with E-state index >= 15 is 0 Å². The first kappa shape index (κ1) is 26.6. The average molecular weight is 563 g/mol. The molecule has 1 atom stereocenters. The lowest BCUT2D eigenvalue weighted by atomic mass is 9.82. The van der Waals surface area contributed by atoms with E-state index in [0.29, 0.717) is 35.9 Å². The summed E-state index contributed by atoms with van der Waals surface area (Å²) in [4.78, 5) is 22.5. The fraction of sp³-hybridized carbons (Fsp3) is 0.207. The highest BCUT2D eigenvalue weighted by atomic mass is 35.5. The van der Waals surface area contributed by atoms with Gasteiger partial charge < -0.3 is 10.0 Å². The van der Waals surface area contributed by atoms with Crippen molar-refractivity contribution in [3.63, 3.8) is 0 Å². The zero-order valence-electron chi connectivity index (χ0n) is 21.2. The highest BCUT2D eigenvalue weighted by Gasteiger charge is 2.38. The van der Waals surface area contributed by atoms with Crippen LogP contribution in [-0.2, 0) is 14.8 Å². The third-order valence-electron chi connectivity index (χ3n) is 6.87. The van der Waals surface area contributed by atoms with E-state index in [-0.39, 0.29) is 17.4 Å². The summed E-state index contributed by atoms with van der Waals surface area (Å²) in [5.41, 5.74) is 2.18. The molecule has 4 aromatic rings. The summed E-state index contributed by atoms with van der Waals surface area (Å²) in [5, 5.41) is 9.84. The van der Waals surface area contributed by atoms with Crippen LogP contribution in [0.3, 0.4) is 0 Å². The number of sulfonamides is 1. The van der Waals surface area contributed by atoms with Gasteiger partial charge >= 0.3 is 5.97 Å². The quantitative estimate of drug-likeness (QED) is 0.286. The van der Waals surface area contributed by atoms with Crippen LogP contribution >= 0.6 is 11.6 Å². The maximum Gasteiger partial charge on any atom is 0.311 e. The fourth-order valence-corrected chi connectivity index (χ4v) is 5.95. The molecule has 0 aliphatic carbocycles. The number of piperidine rings is 1. The van der Waals surface area contributed by atoms with E-state index in [2.05, 4.69) is 14.7 Å². The molecule has 8 nitrogen and oxygen atoms in total. The van der Waals surface area contributed by atoms with Crippen molar-refractivity contribution < 1.29 is 18.3 Å². The second kappa shape index (κ2) is 10.7. The summed E-state index contributed by atoms with van der Waals surface area (Å²) in [6, 6.07) is 25.2. The summed E-state index contributed by atoms with van der Waals surface area (Å²) in [5.74, 6) is -0.372. The standard InChI is InChI=1S/C29H27ClN4O4S/c1-29(28(35)36)17-8-18-34(19-29)25-13-7-14-26(32-25)39(37,38)33-24-16-15-23(30)27(31-24)22-12-6-5-11-21(22)20-9-3-2-4-10-20/h2-7,9-16H,8,17-19H2,1H3,(H,31,33)(H,35,36). The Bertz CT molecular complexity index is 1630. The largest absolute Gasteiger partial charge is 0.481 e. The van der Waals surface area contributed by atoms with E-state index < -0.39 is 21.4 Å². The monoisotopic (exact) mass is 562 g/mol. The zero-order chi connectivity index (χ0) is 27.6. The minimum absolute atomic E-state index is 0.0980. The summed E-state index contributed by atoms with van der Waals surface area (Å²) < 4.78 is 29.2. The number of nitrogens with zero attached hydrogens (tertiary/aromatic N) is 3. The van der Waals surface area contributed by atoms with Gasteiger partial charge in [0.15, 0.2) is 5.03 Å². The molecule has 39 heavy (non-hydrogen) atoms. The Labute approximate surface area is 232 Å². The fourth-order valence-electron chi connectivity index (χ4n) is 4.78. The van der Waals surface area contributed by atoms with Gasteiger partial charge in [-0.05, 0) is 55.2 Å². The molecule has 3 heterocycles. The van der Waals surface area contributed by atoms with Gasteiger partial charge in [-0.2, -0.15) is 8.42 Å². The van der Waals surface area contributed by atoms with E-state index in [1.807, 2.05) is 59.5 Å². The molecule has 0 saturated carbocycles. The second-order valence-corrected chi connectivity index (χ2v) is 11.8. The molecule has 2 N–H and O–H groups in total. The number of carboxylic acids is 1. The molecule has 0 spiro atoms. The van der Waals surface area contributed by atoms with Crippen molar-refractivity contribution in [3.05, 3.63) is 90.0 Å². The van der Waals surface area contributed by atoms with Crippen molar-refractivity contribution in [2.24, 2.45) is 5.41 Å². The molecule has 1 saturated heterocycles. The van der Waals surface area contributed by atoms with Gasteiger partial charge in [-0.15, -0.1) is 0 Å². The van der Waals surface area contributed by atoms with Crippen molar-refractivity contribution in [1.82, 2.24) is 9.97 Å². The molecule has 0 radical (unpaired) electrons. The molecule has 1 unspecified atom stereocenters. The molecule has 0 amide bonds. The Morgan fingerprint density at radius 1 is 0.949 bits per heavy atom. The molecule has 2 aromatic heterocycles. The average Bonchev–Trinajstić information content (AvgIpc) is 2.94. The number of aromatic nitrogens is 2. The molecule has 5 rings (SSSR count). The molecule has 10 heteroatoms. The SMILES string of the molecule is CC1(C(=O)O)CCCN(c2cccc(S(=O)(=O)Nc3ccc(Cl)c(-c4ccccc4-c4ccccc4)n3)n2)C1. The van der Waals surface area contributed by atoms with Crippen molar-refractivity contribution in [2.45, 2.75) is 24.8 Å². The van der Waals surface area contributed by atoms with Gasteiger partial charge in [-0.3, -0.25) is 9.52 Å². The third kappa shape index (κ3) is 5.60. The lowest BCUT2D eigenvalue weighted by Crippen LogP contribution is -2.46. The highest BCUT2D eigenvalue weighted by molar-refractivity contribution is 7.92. The van der Waals surface area contributed by atoms with Gasteiger partial charge in [0.25, 0.3) is 10.0 Å². The normalized spacial score (nSPS) is 17.5. The number of carbonyl (C=O) groups is 1. The smallest absolute Gasteiger partial charge is 0.311 e. The topological polar surface area (TPSA) is 112 Å². The Balaban J connectivity index is 1.44. The third-order valence-corrected chi connectivity index (χ3v) is 8.43. The number of anilines is 2. The lowest BCUT2D eigenvalue weighted by Gasteiger charge is -2.38. The van der Waals surface area contributed by atoms with E-state index in [4.69, 9.17) is 11.6 Å². The minimum atomic E-state index is -4.10. The second-order valence-electron chi connectivity index (χ2n) is 9.77. The first-order chi connectivity index (χ1) is 18.7.